The third-order valence-corrected chi connectivity index (χ3v) is 2.93. The topological polar surface area (TPSA) is 96.7 Å². The molecule has 0 saturated carbocycles. The zero-order valence-corrected chi connectivity index (χ0v) is 9.25. The molecule has 0 aromatic carbocycles. The molecule has 0 aromatic heterocycles. The predicted octanol–water partition coefficient (Wildman–Crippen LogP) is -0.550. The number of hydroxylamine groups is 2. The van der Waals surface area contributed by atoms with Crippen molar-refractivity contribution in [2.75, 3.05) is 13.1 Å². The Kier molecular flexibility index (Phi) is 2.73. The number of carbonyl (C=O) groups excluding carboxylic acids is 2. The summed E-state index contributed by atoms with van der Waals surface area (Å²) in [6.45, 7) is 1.91. The molecule has 1 fully saturated rings. The molecule has 2 atom stereocenters. The molecule has 90 valence electrons. The average Bonchev–Trinajstić information content (AvgIpc) is 2.52. The number of nitriles is 1. The van der Waals surface area contributed by atoms with Gasteiger partial charge in [-0.15, -0.1) is 0 Å². The monoisotopic (exact) mass is 236 g/mol. The van der Waals surface area contributed by atoms with Crippen molar-refractivity contribution in [3.05, 3.63) is 11.6 Å². The maximum absolute atomic E-state index is 11.8. The van der Waals surface area contributed by atoms with E-state index >= 15 is 0 Å². The van der Waals surface area contributed by atoms with Crippen molar-refractivity contribution in [3.8, 4) is 6.07 Å². The Hall–Kier alpha value is -2.07. The molecule has 0 aliphatic carbocycles. The lowest BCUT2D eigenvalue weighted by atomic mass is 10.00. The number of hydrogen-bond acceptors (Lipinski definition) is 4. The molecule has 2 rings (SSSR count). The Morgan fingerprint density at radius 3 is 3.12 bits per heavy atom. The highest BCUT2D eigenvalue weighted by molar-refractivity contribution is 5.91. The molecule has 7 nitrogen and oxygen atoms in total. The molecule has 2 unspecified atom stereocenters. The van der Waals surface area contributed by atoms with Crippen molar-refractivity contribution in [2.45, 2.75) is 19.0 Å². The lowest BCUT2D eigenvalue weighted by Gasteiger charge is -2.28. The summed E-state index contributed by atoms with van der Waals surface area (Å²) >= 11 is 0. The number of hydrogen-bond donors (Lipinski definition) is 2. The minimum absolute atomic E-state index is 0.100. The smallest absolute Gasteiger partial charge is 0.341 e. The van der Waals surface area contributed by atoms with E-state index < -0.39 is 18.0 Å². The molecule has 1 saturated heterocycles. The standard InChI is InChI=1S/C10H12N4O3/c1-6-4-7-5-13(10(16)14(7)17)8(6)9(15)12-3-2-11/h4,7-8,17H,3,5H2,1H3,(H,12,15). The molecule has 0 radical (unpaired) electrons. The van der Waals surface area contributed by atoms with Crippen molar-refractivity contribution in [3.63, 3.8) is 0 Å². The van der Waals surface area contributed by atoms with Crippen LogP contribution in [0.2, 0.25) is 0 Å². The summed E-state index contributed by atoms with van der Waals surface area (Å²) in [5.74, 6) is -0.401. The maximum Gasteiger partial charge on any atom is 0.345 e. The van der Waals surface area contributed by atoms with Crippen LogP contribution < -0.4 is 5.32 Å². The van der Waals surface area contributed by atoms with Gasteiger partial charge >= 0.3 is 6.03 Å². The molecule has 2 heterocycles. The summed E-state index contributed by atoms with van der Waals surface area (Å²) in [4.78, 5) is 24.8. The summed E-state index contributed by atoms with van der Waals surface area (Å²) in [5, 5.41) is 20.9. The number of amides is 3. The highest BCUT2D eigenvalue weighted by Crippen LogP contribution is 2.27. The van der Waals surface area contributed by atoms with Gasteiger partial charge in [-0.1, -0.05) is 6.08 Å². The van der Waals surface area contributed by atoms with Crippen LogP contribution in [-0.2, 0) is 4.79 Å². The van der Waals surface area contributed by atoms with Gasteiger partial charge in [-0.25, -0.2) is 4.79 Å². The van der Waals surface area contributed by atoms with E-state index in [1.807, 2.05) is 0 Å². The van der Waals surface area contributed by atoms with Gasteiger partial charge in [0, 0.05) is 0 Å². The summed E-state index contributed by atoms with van der Waals surface area (Å²) in [5.41, 5.74) is 0.696. The van der Waals surface area contributed by atoms with Gasteiger partial charge in [-0.2, -0.15) is 10.3 Å². The quantitative estimate of drug-likeness (QED) is 0.382. The van der Waals surface area contributed by atoms with Crippen LogP contribution in [0.4, 0.5) is 4.79 Å². The second kappa shape index (κ2) is 4.07. The molecule has 2 bridgehead atoms. The molecule has 2 aliphatic rings. The van der Waals surface area contributed by atoms with Crippen LogP contribution in [0.25, 0.3) is 0 Å². The van der Waals surface area contributed by atoms with Crippen LogP contribution >= 0.6 is 0 Å². The van der Waals surface area contributed by atoms with Crippen molar-refractivity contribution in [2.24, 2.45) is 0 Å². The third kappa shape index (κ3) is 1.72. The number of rotatable bonds is 2. The number of fused-ring (bicyclic) bond motifs is 2. The third-order valence-electron chi connectivity index (χ3n) is 2.93. The largest absolute Gasteiger partial charge is 0.345 e. The number of nitrogens with zero attached hydrogens (tertiary/aromatic N) is 3. The van der Waals surface area contributed by atoms with E-state index in [1.54, 1.807) is 19.1 Å². The van der Waals surface area contributed by atoms with Crippen LogP contribution in [0, 0.1) is 11.3 Å². The molecule has 3 amide bonds. The van der Waals surface area contributed by atoms with Crippen molar-refractivity contribution >= 4 is 11.9 Å². The molecule has 17 heavy (non-hydrogen) atoms. The van der Waals surface area contributed by atoms with Gasteiger partial charge in [-0.05, 0) is 12.5 Å². The van der Waals surface area contributed by atoms with Crippen LogP contribution in [0.3, 0.4) is 0 Å². The van der Waals surface area contributed by atoms with Crippen molar-refractivity contribution in [1.82, 2.24) is 15.3 Å². The Bertz CT molecular complexity index is 439. The fourth-order valence-electron chi connectivity index (χ4n) is 2.18. The summed E-state index contributed by atoms with van der Waals surface area (Å²) < 4.78 is 0. The van der Waals surface area contributed by atoms with Gasteiger partial charge in [0.15, 0.2) is 0 Å². The second-order valence-corrected chi connectivity index (χ2v) is 4.04. The summed E-state index contributed by atoms with van der Waals surface area (Å²) in [6.07, 6.45) is 1.69. The van der Waals surface area contributed by atoms with Crippen LogP contribution in [0.1, 0.15) is 6.92 Å². The summed E-state index contributed by atoms with van der Waals surface area (Å²) in [7, 11) is 0. The fourth-order valence-corrected chi connectivity index (χ4v) is 2.18. The predicted molar refractivity (Wildman–Crippen MR) is 55.7 cm³/mol. The highest BCUT2D eigenvalue weighted by atomic mass is 16.5. The number of nitrogens with one attached hydrogen (secondary N) is 1. The van der Waals surface area contributed by atoms with E-state index in [0.29, 0.717) is 10.6 Å². The van der Waals surface area contributed by atoms with E-state index in [-0.39, 0.29) is 19.1 Å². The maximum atomic E-state index is 11.8. The van der Waals surface area contributed by atoms with Crippen LogP contribution in [0.5, 0.6) is 0 Å². The van der Waals surface area contributed by atoms with Gasteiger partial charge in [-0.3, -0.25) is 10.0 Å². The molecule has 7 heteroatoms. The average molecular weight is 236 g/mol. The van der Waals surface area contributed by atoms with Crippen molar-refractivity contribution < 1.29 is 14.8 Å². The Morgan fingerprint density at radius 1 is 1.76 bits per heavy atom. The fraction of sp³-hybridized carbons (Fsp3) is 0.500. The van der Waals surface area contributed by atoms with Crippen LogP contribution in [0.15, 0.2) is 11.6 Å². The van der Waals surface area contributed by atoms with Gasteiger partial charge in [0.25, 0.3) is 0 Å². The van der Waals surface area contributed by atoms with E-state index in [1.165, 1.54) is 4.90 Å². The first-order chi connectivity index (χ1) is 8.06. The Morgan fingerprint density at radius 2 is 2.47 bits per heavy atom. The normalized spacial score (nSPS) is 26.6. The van der Waals surface area contributed by atoms with Gasteiger partial charge in [0.2, 0.25) is 5.91 Å². The Labute approximate surface area is 97.9 Å². The van der Waals surface area contributed by atoms with Crippen molar-refractivity contribution in [1.29, 1.82) is 5.26 Å². The van der Waals surface area contributed by atoms with E-state index in [0.717, 1.165) is 0 Å². The highest BCUT2D eigenvalue weighted by Gasteiger charge is 2.46. The summed E-state index contributed by atoms with van der Waals surface area (Å²) in [6, 6.07) is 0.0993. The van der Waals surface area contributed by atoms with E-state index in [9.17, 15) is 14.8 Å². The Balaban J connectivity index is 2.21. The van der Waals surface area contributed by atoms with Gasteiger partial charge in [0.05, 0.1) is 18.7 Å². The van der Waals surface area contributed by atoms with Gasteiger partial charge in [0.1, 0.15) is 12.6 Å². The van der Waals surface area contributed by atoms with Gasteiger partial charge < -0.3 is 10.2 Å². The second-order valence-electron chi connectivity index (χ2n) is 4.04. The minimum atomic E-state index is -0.732. The van der Waals surface area contributed by atoms with Crippen LogP contribution in [-0.4, -0.2) is 52.3 Å². The van der Waals surface area contributed by atoms with E-state index in [2.05, 4.69) is 5.32 Å². The zero-order valence-electron chi connectivity index (χ0n) is 9.25. The van der Waals surface area contributed by atoms with E-state index in [4.69, 9.17) is 5.26 Å². The first-order valence-electron chi connectivity index (χ1n) is 5.18. The number of urea groups is 1. The molecule has 0 aromatic rings. The zero-order chi connectivity index (χ0) is 12.6. The molecular weight excluding hydrogens is 224 g/mol. The molecule has 0 spiro atoms. The molecule has 2 N–H and O–H groups in total. The first kappa shape index (κ1) is 11.4. The molecular formula is C10H12N4O3. The SMILES string of the molecule is CC1=CC2CN(C(=O)N2O)C1C(=O)NCC#N. The minimum Gasteiger partial charge on any atom is -0.341 e. The first-order valence-corrected chi connectivity index (χ1v) is 5.18. The lowest BCUT2D eigenvalue weighted by Crippen LogP contribution is -2.50. The lowest BCUT2D eigenvalue weighted by molar-refractivity contribution is -0.124. The molecule has 2 aliphatic heterocycles. The number of carbonyl (C=O) groups is 2.